The minimum atomic E-state index is 0.154. The van der Waals surface area contributed by atoms with Gasteiger partial charge in [0.25, 0.3) is 0 Å². The monoisotopic (exact) mass is 402 g/mol. The SMILES string of the molecule is C=C(C)C[C@@H](c1c(Br)ccc(Br)c1O)N1CCNCC1. The molecule has 0 aliphatic carbocycles. The number of aromatic hydroxyl groups is 1. The minimum absolute atomic E-state index is 0.154. The highest BCUT2D eigenvalue weighted by molar-refractivity contribution is 9.11. The van der Waals surface area contributed by atoms with Crippen LogP contribution in [-0.2, 0) is 0 Å². The second-order valence-corrected chi connectivity index (χ2v) is 6.96. The first-order valence-corrected chi connectivity index (χ1v) is 8.35. The summed E-state index contributed by atoms with van der Waals surface area (Å²) in [7, 11) is 0. The van der Waals surface area contributed by atoms with Gasteiger partial charge in [-0.2, -0.15) is 0 Å². The smallest absolute Gasteiger partial charge is 0.135 e. The van der Waals surface area contributed by atoms with Crippen molar-refractivity contribution in [3.05, 3.63) is 38.8 Å². The molecule has 0 saturated carbocycles. The Bertz CT molecular complexity index is 499. The maximum atomic E-state index is 10.4. The van der Waals surface area contributed by atoms with Gasteiger partial charge in [-0.3, -0.25) is 4.90 Å². The molecule has 1 heterocycles. The van der Waals surface area contributed by atoms with Crippen LogP contribution in [0.25, 0.3) is 0 Å². The van der Waals surface area contributed by atoms with E-state index in [1.807, 2.05) is 19.1 Å². The van der Waals surface area contributed by atoms with Gasteiger partial charge in [-0.25, -0.2) is 0 Å². The van der Waals surface area contributed by atoms with Gasteiger partial charge in [0.05, 0.1) is 4.47 Å². The van der Waals surface area contributed by atoms with E-state index in [-0.39, 0.29) is 6.04 Å². The fraction of sp³-hybridized carbons (Fsp3) is 0.467. The topological polar surface area (TPSA) is 35.5 Å². The third-order valence-corrected chi connectivity index (χ3v) is 4.91. The molecule has 1 aliphatic rings. The van der Waals surface area contributed by atoms with Gasteiger partial charge in [-0.05, 0) is 41.4 Å². The van der Waals surface area contributed by atoms with Crippen LogP contribution in [0.4, 0.5) is 0 Å². The number of nitrogens with zero attached hydrogens (tertiary/aromatic N) is 1. The van der Waals surface area contributed by atoms with Gasteiger partial charge in [0.2, 0.25) is 0 Å². The van der Waals surface area contributed by atoms with Crippen molar-refractivity contribution in [2.45, 2.75) is 19.4 Å². The molecule has 1 aliphatic heterocycles. The van der Waals surface area contributed by atoms with Gasteiger partial charge in [0, 0.05) is 42.3 Å². The average Bonchev–Trinajstić information content (AvgIpc) is 2.43. The zero-order valence-corrected chi connectivity index (χ0v) is 14.8. The summed E-state index contributed by atoms with van der Waals surface area (Å²) in [5.41, 5.74) is 2.07. The van der Waals surface area contributed by atoms with E-state index in [2.05, 4.69) is 48.7 Å². The van der Waals surface area contributed by atoms with Gasteiger partial charge in [0.1, 0.15) is 5.75 Å². The van der Waals surface area contributed by atoms with E-state index >= 15 is 0 Å². The Balaban J connectivity index is 2.40. The Kier molecular flexibility index (Phi) is 5.66. The largest absolute Gasteiger partial charge is 0.506 e. The van der Waals surface area contributed by atoms with Crippen LogP contribution in [0.2, 0.25) is 0 Å². The van der Waals surface area contributed by atoms with E-state index in [0.717, 1.165) is 52.7 Å². The van der Waals surface area contributed by atoms with Crippen LogP contribution < -0.4 is 5.32 Å². The fourth-order valence-corrected chi connectivity index (χ4v) is 3.54. The van der Waals surface area contributed by atoms with Gasteiger partial charge in [-0.15, -0.1) is 6.58 Å². The van der Waals surface area contributed by atoms with Crippen LogP contribution in [-0.4, -0.2) is 36.2 Å². The van der Waals surface area contributed by atoms with Gasteiger partial charge in [0.15, 0.2) is 0 Å². The molecule has 110 valence electrons. The Morgan fingerprint density at radius 2 is 1.95 bits per heavy atom. The Hall–Kier alpha value is -0.360. The normalized spacial score (nSPS) is 17.9. The van der Waals surface area contributed by atoms with Crippen molar-refractivity contribution in [3.63, 3.8) is 0 Å². The van der Waals surface area contributed by atoms with Crippen molar-refractivity contribution in [1.82, 2.24) is 10.2 Å². The first kappa shape index (κ1) is 16.0. The van der Waals surface area contributed by atoms with Crippen molar-refractivity contribution in [2.75, 3.05) is 26.2 Å². The van der Waals surface area contributed by atoms with E-state index in [1.54, 1.807) is 0 Å². The van der Waals surface area contributed by atoms with Crippen LogP contribution in [0.3, 0.4) is 0 Å². The van der Waals surface area contributed by atoms with Crippen LogP contribution >= 0.6 is 31.9 Å². The molecule has 1 atom stereocenters. The van der Waals surface area contributed by atoms with Gasteiger partial charge < -0.3 is 10.4 Å². The molecular formula is C15H20Br2N2O. The van der Waals surface area contributed by atoms with Crippen molar-refractivity contribution in [3.8, 4) is 5.75 Å². The van der Waals surface area contributed by atoms with E-state index in [0.29, 0.717) is 5.75 Å². The molecule has 0 aromatic heterocycles. The number of piperazine rings is 1. The van der Waals surface area contributed by atoms with Crippen molar-refractivity contribution < 1.29 is 5.11 Å². The lowest BCUT2D eigenvalue weighted by atomic mass is 9.97. The van der Waals surface area contributed by atoms with Crippen molar-refractivity contribution >= 4 is 31.9 Å². The second kappa shape index (κ2) is 7.07. The summed E-state index contributed by atoms with van der Waals surface area (Å²) >= 11 is 7.00. The third-order valence-electron chi connectivity index (χ3n) is 3.58. The highest BCUT2D eigenvalue weighted by Crippen LogP contribution is 2.41. The average molecular weight is 404 g/mol. The number of rotatable bonds is 4. The summed E-state index contributed by atoms with van der Waals surface area (Å²) in [6.07, 6.45) is 0.850. The van der Waals surface area contributed by atoms with Crippen LogP contribution in [0.1, 0.15) is 24.9 Å². The van der Waals surface area contributed by atoms with Gasteiger partial charge >= 0.3 is 0 Å². The molecule has 1 fully saturated rings. The molecule has 0 bridgehead atoms. The zero-order chi connectivity index (χ0) is 14.7. The predicted octanol–water partition coefficient (Wildman–Crippen LogP) is 3.83. The molecule has 2 N–H and O–H groups in total. The lowest BCUT2D eigenvalue weighted by Crippen LogP contribution is -2.45. The Morgan fingerprint density at radius 3 is 2.55 bits per heavy atom. The maximum absolute atomic E-state index is 10.4. The summed E-state index contributed by atoms with van der Waals surface area (Å²) < 4.78 is 1.68. The molecule has 20 heavy (non-hydrogen) atoms. The molecule has 1 aromatic rings. The maximum Gasteiger partial charge on any atom is 0.135 e. The first-order chi connectivity index (χ1) is 9.50. The summed E-state index contributed by atoms with van der Waals surface area (Å²) in [6, 6.07) is 3.99. The van der Waals surface area contributed by atoms with E-state index in [4.69, 9.17) is 0 Å². The molecule has 0 amide bonds. The lowest BCUT2D eigenvalue weighted by Gasteiger charge is -2.36. The molecule has 1 saturated heterocycles. The Labute approximate surface area is 137 Å². The zero-order valence-electron chi connectivity index (χ0n) is 11.6. The molecule has 3 nitrogen and oxygen atoms in total. The summed E-state index contributed by atoms with van der Waals surface area (Å²) in [5.74, 6) is 0.323. The molecule has 1 aromatic carbocycles. The quantitative estimate of drug-likeness (QED) is 0.750. The number of hydrogen-bond donors (Lipinski definition) is 2. The highest BCUT2D eigenvalue weighted by Gasteiger charge is 2.27. The van der Waals surface area contributed by atoms with E-state index in [1.165, 1.54) is 0 Å². The van der Waals surface area contributed by atoms with Crippen LogP contribution in [0.5, 0.6) is 5.75 Å². The minimum Gasteiger partial charge on any atom is -0.506 e. The molecular weight excluding hydrogens is 384 g/mol. The van der Waals surface area contributed by atoms with Crippen molar-refractivity contribution in [1.29, 1.82) is 0 Å². The van der Waals surface area contributed by atoms with Crippen LogP contribution in [0.15, 0.2) is 33.2 Å². The lowest BCUT2D eigenvalue weighted by molar-refractivity contribution is 0.169. The molecule has 0 radical (unpaired) electrons. The number of hydrogen-bond acceptors (Lipinski definition) is 3. The van der Waals surface area contributed by atoms with Crippen LogP contribution in [0, 0.1) is 0 Å². The number of phenolic OH excluding ortho intramolecular Hbond substituents is 1. The van der Waals surface area contributed by atoms with Crippen molar-refractivity contribution in [2.24, 2.45) is 0 Å². The first-order valence-electron chi connectivity index (χ1n) is 6.76. The number of halogens is 2. The molecule has 5 heteroatoms. The summed E-state index contributed by atoms with van der Waals surface area (Å²) in [5, 5.41) is 13.8. The van der Waals surface area contributed by atoms with E-state index in [9.17, 15) is 5.11 Å². The number of phenols is 1. The highest BCUT2D eigenvalue weighted by atomic mass is 79.9. The molecule has 0 spiro atoms. The van der Waals surface area contributed by atoms with E-state index < -0.39 is 0 Å². The number of nitrogens with one attached hydrogen (secondary N) is 1. The number of benzene rings is 1. The second-order valence-electron chi connectivity index (χ2n) is 5.25. The summed E-state index contributed by atoms with van der Waals surface area (Å²) in [6.45, 7) is 10.0. The Morgan fingerprint density at radius 1 is 1.35 bits per heavy atom. The van der Waals surface area contributed by atoms with Gasteiger partial charge in [-0.1, -0.05) is 21.5 Å². The summed E-state index contributed by atoms with van der Waals surface area (Å²) in [4.78, 5) is 2.41. The molecule has 0 unspecified atom stereocenters. The third kappa shape index (κ3) is 3.64. The fourth-order valence-electron chi connectivity index (χ4n) is 2.61. The molecule has 2 rings (SSSR count). The standard InChI is InChI=1S/C15H20Br2N2O/c1-10(2)9-13(19-7-5-18-6-8-19)14-11(16)3-4-12(17)15(14)20/h3-4,13,18,20H,1,5-9H2,2H3/t13-/m0/s1. The predicted molar refractivity (Wildman–Crippen MR) is 90.1 cm³/mol.